The molecule has 1 rings (SSSR count). The Morgan fingerprint density at radius 1 is 1.60 bits per heavy atom. The normalized spacial score (nSPS) is 20.4. The number of hydrogen-bond acceptors (Lipinski definition) is 1. The minimum absolute atomic E-state index is 0.0689. The number of piperidine rings is 1. The molecular formula is C12H20N2O. The number of rotatable bonds is 2. The number of amides is 2. The van der Waals surface area contributed by atoms with Crippen LogP contribution in [-0.2, 0) is 0 Å². The monoisotopic (exact) mass is 208 g/mol. The molecule has 1 atom stereocenters. The van der Waals surface area contributed by atoms with Crippen LogP contribution in [0.2, 0.25) is 0 Å². The first-order chi connectivity index (χ1) is 7.24. The Kier molecular flexibility index (Phi) is 5.03. The number of nitrogens with zero attached hydrogens (tertiary/aromatic N) is 1. The fourth-order valence-corrected chi connectivity index (χ4v) is 1.84. The van der Waals surface area contributed by atoms with E-state index in [2.05, 4.69) is 24.1 Å². The minimum Gasteiger partial charge on any atom is -0.337 e. The van der Waals surface area contributed by atoms with E-state index in [9.17, 15) is 4.79 Å². The van der Waals surface area contributed by atoms with Crippen molar-refractivity contribution >= 4 is 6.03 Å². The summed E-state index contributed by atoms with van der Waals surface area (Å²) in [5, 5.41) is 2.89. The van der Waals surface area contributed by atoms with Crippen LogP contribution < -0.4 is 5.32 Å². The van der Waals surface area contributed by atoms with Crippen molar-refractivity contribution in [1.29, 1.82) is 0 Å². The van der Waals surface area contributed by atoms with Gasteiger partial charge in [0.1, 0.15) is 0 Å². The summed E-state index contributed by atoms with van der Waals surface area (Å²) in [6.07, 6.45) is 3.11. The zero-order valence-electron chi connectivity index (χ0n) is 9.68. The smallest absolute Gasteiger partial charge is 0.317 e. The fraction of sp³-hybridized carbons (Fsp3) is 0.750. The SMILES string of the molecule is CC#CCCNC(=O)N1CCCC(C)C1. The molecule has 1 fully saturated rings. The summed E-state index contributed by atoms with van der Waals surface area (Å²) >= 11 is 0. The van der Waals surface area contributed by atoms with E-state index in [1.54, 1.807) is 0 Å². The van der Waals surface area contributed by atoms with E-state index >= 15 is 0 Å². The quantitative estimate of drug-likeness (QED) is 0.545. The maximum Gasteiger partial charge on any atom is 0.317 e. The standard InChI is InChI=1S/C12H20N2O/c1-3-4-5-8-13-12(15)14-9-6-7-11(2)10-14/h11H,5-10H2,1-2H3,(H,13,15). The van der Waals surface area contributed by atoms with E-state index in [1.165, 1.54) is 6.42 Å². The van der Waals surface area contributed by atoms with Crippen molar-refractivity contribution in [3.63, 3.8) is 0 Å². The second kappa shape index (κ2) is 6.34. The molecule has 1 aliphatic rings. The third kappa shape index (κ3) is 4.24. The highest BCUT2D eigenvalue weighted by molar-refractivity contribution is 5.74. The molecule has 15 heavy (non-hydrogen) atoms. The maximum atomic E-state index is 11.7. The second-order valence-electron chi connectivity index (χ2n) is 4.10. The van der Waals surface area contributed by atoms with Gasteiger partial charge in [-0.25, -0.2) is 4.79 Å². The number of carbonyl (C=O) groups is 1. The molecule has 0 saturated carbocycles. The van der Waals surface area contributed by atoms with Gasteiger partial charge in [-0.05, 0) is 25.7 Å². The van der Waals surface area contributed by atoms with Crippen molar-refractivity contribution < 1.29 is 4.79 Å². The van der Waals surface area contributed by atoms with Gasteiger partial charge in [-0.3, -0.25) is 0 Å². The van der Waals surface area contributed by atoms with Crippen LogP contribution in [0.25, 0.3) is 0 Å². The molecule has 0 aromatic rings. The van der Waals surface area contributed by atoms with Crippen LogP contribution in [0.4, 0.5) is 4.79 Å². The average molecular weight is 208 g/mol. The van der Waals surface area contributed by atoms with Crippen LogP contribution in [0.15, 0.2) is 0 Å². The molecule has 3 nitrogen and oxygen atoms in total. The number of likely N-dealkylation sites (tertiary alicyclic amines) is 1. The number of nitrogens with one attached hydrogen (secondary N) is 1. The Morgan fingerprint density at radius 3 is 3.07 bits per heavy atom. The van der Waals surface area contributed by atoms with Crippen LogP contribution in [0.3, 0.4) is 0 Å². The predicted molar refractivity (Wildman–Crippen MR) is 61.4 cm³/mol. The van der Waals surface area contributed by atoms with Gasteiger partial charge in [0.2, 0.25) is 0 Å². The highest BCUT2D eigenvalue weighted by Crippen LogP contribution is 2.14. The largest absolute Gasteiger partial charge is 0.337 e. The Bertz CT molecular complexity index is 265. The van der Waals surface area contributed by atoms with Crippen molar-refractivity contribution in [2.75, 3.05) is 19.6 Å². The summed E-state index contributed by atoms with van der Waals surface area (Å²) in [4.78, 5) is 13.6. The van der Waals surface area contributed by atoms with Gasteiger partial charge in [-0.15, -0.1) is 11.8 Å². The number of urea groups is 1. The van der Waals surface area contributed by atoms with E-state index in [0.717, 1.165) is 25.9 Å². The van der Waals surface area contributed by atoms with Gasteiger partial charge in [0.15, 0.2) is 0 Å². The van der Waals surface area contributed by atoms with E-state index in [-0.39, 0.29) is 6.03 Å². The molecule has 1 aliphatic heterocycles. The van der Waals surface area contributed by atoms with Gasteiger partial charge in [0.25, 0.3) is 0 Å². The van der Waals surface area contributed by atoms with E-state index in [1.807, 2.05) is 11.8 Å². The average Bonchev–Trinajstić information content (AvgIpc) is 2.24. The molecule has 0 radical (unpaired) electrons. The highest BCUT2D eigenvalue weighted by atomic mass is 16.2. The van der Waals surface area contributed by atoms with Crippen molar-refractivity contribution in [2.24, 2.45) is 5.92 Å². The lowest BCUT2D eigenvalue weighted by Gasteiger charge is -2.30. The van der Waals surface area contributed by atoms with Crippen LogP contribution in [0.5, 0.6) is 0 Å². The van der Waals surface area contributed by atoms with Crippen molar-refractivity contribution in [3.8, 4) is 11.8 Å². The minimum atomic E-state index is 0.0689. The molecule has 0 spiro atoms. The van der Waals surface area contributed by atoms with Gasteiger partial charge in [0, 0.05) is 26.1 Å². The molecular weight excluding hydrogens is 188 g/mol. The second-order valence-corrected chi connectivity index (χ2v) is 4.10. The summed E-state index contributed by atoms with van der Waals surface area (Å²) in [5.41, 5.74) is 0. The Balaban J connectivity index is 2.22. The summed E-state index contributed by atoms with van der Waals surface area (Å²) in [6, 6.07) is 0.0689. The third-order valence-electron chi connectivity index (χ3n) is 2.65. The highest BCUT2D eigenvalue weighted by Gasteiger charge is 2.19. The Hall–Kier alpha value is -1.17. The molecule has 0 aromatic heterocycles. The molecule has 1 unspecified atom stereocenters. The first-order valence-electron chi connectivity index (χ1n) is 5.66. The molecule has 84 valence electrons. The van der Waals surface area contributed by atoms with Gasteiger partial charge >= 0.3 is 6.03 Å². The van der Waals surface area contributed by atoms with E-state index in [4.69, 9.17) is 0 Å². The Morgan fingerprint density at radius 2 is 2.40 bits per heavy atom. The first kappa shape index (κ1) is 11.9. The predicted octanol–water partition coefficient (Wildman–Crippen LogP) is 1.84. The number of hydrogen-bond donors (Lipinski definition) is 1. The summed E-state index contributed by atoms with van der Waals surface area (Å²) in [5.74, 6) is 6.38. The molecule has 0 aliphatic carbocycles. The lowest BCUT2D eigenvalue weighted by atomic mass is 10.0. The van der Waals surface area contributed by atoms with Gasteiger partial charge in [-0.1, -0.05) is 6.92 Å². The summed E-state index contributed by atoms with van der Waals surface area (Å²) in [7, 11) is 0. The first-order valence-corrected chi connectivity index (χ1v) is 5.66. The molecule has 3 heteroatoms. The maximum absolute atomic E-state index is 11.7. The van der Waals surface area contributed by atoms with Crippen LogP contribution in [-0.4, -0.2) is 30.6 Å². The van der Waals surface area contributed by atoms with Crippen LogP contribution >= 0.6 is 0 Å². The van der Waals surface area contributed by atoms with Crippen molar-refractivity contribution in [1.82, 2.24) is 10.2 Å². The molecule has 2 amide bonds. The molecule has 1 N–H and O–H groups in total. The molecule has 0 bridgehead atoms. The van der Waals surface area contributed by atoms with Gasteiger partial charge < -0.3 is 10.2 Å². The topological polar surface area (TPSA) is 32.3 Å². The van der Waals surface area contributed by atoms with Crippen LogP contribution in [0, 0.1) is 17.8 Å². The third-order valence-corrected chi connectivity index (χ3v) is 2.65. The fourth-order valence-electron chi connectivity index (χ4n) is 1.84. The van der Waals surface area contributed by atoms with Gasteiger partial charge in [0.05, 0.1) is 0 Å². The number of carbonyl (C=O) groups excluding carboxylic acids is 1. The lowest BCUT2D eigenvalue weighted by Crippen LogP contribution is -2.45. The zero-order chi connectivity index (χ0) is 11.1. The van der Waals surface area contributed by atoms with E-state index < -0.39 is 0 Å². The molecule has 0 aromatic carbocycles. The van der Waals surface area contributed by atoms with Gasteiger partial charge in [-0.2, -0.15) is 0 Å². The van der Waals surface area contributed by atoms with E-state index in [0.29, 0.717) is 12.5 Å². The molecule has 1 saturated heterocycles. The summed E-state index contributed by atoms with van der Waals surface area (Å²) < 4.78 is 0. The lowest BCUT2D eigenvalue weighted by molar-refractivity contribution is 0.170. The Labute approximate surface area is 92.2 Å². The van der Waals surface area contributed by atoms with Crippen molar-refractivity contribution in [2.45, 2.75) is 33.1 Å². The molecule has 1 heterocycles. The van der Waals surface area contributed by atoms with Crippen LogP contribution in [0.1, 0.15) is 33.1 Å². The zero-order valence-corrected chi connectivity index (χ0v) is 9.68. The summed E-state index contributed by atoms with van der Waals surface area (Å²) in [6.45, 7) is 6.46. The van der Waals surface area contributed by atoms with Crippen molar-refractivity contribution in [3.05, 3.63) is 0 Å².